The zero-order chi connectivity index (χ0) is 16.9. The number of rotatable bonds is 4. The Balaban J connectivity index is 0.000000403. The smallest absolute Gasteiger partial charge is 0 e. The van der Waals surface area contributed by atoms with E-state index >= 15 is 0 Å². The Bertz CT molecular complexity index is 309. The first-order valence-electron chi connectivity index (χ1n) is 8.38. The van der Waals surface area contributed by atoms with Gasteiger partial charge in [-0.1, -0.05) is 0 Å². The summed E-state index contributed by atoms with van der Waals surface area (Å²) in [4.78, 5) is 8.83. The van der Waals surface area contributed by atoms with Gasteiger partial charge in [-0.25, -0.2) is 0 Å². The molecule has 0 bridgehead atoms. The SMILES string of the molecule is CC(C)N1C=CN(C(C)C)[CH-]1.CC(C)N1C=CN(C(C)C)[CH-]1.[Ag]. The molecule has 0 aromatic carbocycles. The van der Waals surface area contributed by atoms with Crippen LogP contribution in [0.1, 0.15) is 55.4 Å². The van der Waals surface area contributed by atoms with E-state index in [1.54, 1.807) is 0 Å². The van der Waals surface area contributed by atoms with E-state index in [0.29, 0.717) is 24.2 Å². The van der Waals surface area contributed by atoms with Crippen molar-refractivity contribution in [3.8, 4) is 0 Å². The Hall–Kier alpha value is -0.580. The molecule has 5 heteroatoms. The molecule has 1 radical (unpaired) electrons. The second-order valence-electron chi connectivity index (χ2n) is 6.99. The van der Waals surface area contributed by atoms with E-state index < -0.39 is 0 Å². The summed E-state index contributed by atoms with van der Waals surface area (Å²) < 4.78 is 0. The molecule has 23 heavy (non-hydrogen) atoms. The summed E-state index contributed by atoms with van der Waals surface area (Å²) in [5, 5.41) is 0. The molecular formula is C18H34AgN4-2. The van der Waals surface area contributed by atoms with Gasteiger partial charge in [0.25, 0.3) is 0 Å². The molecule has 0 aliphatic carbocycles. The summed E-state index contributed by atoms with van der Waals surface area (Å²) >= 11 is 0. The van der Waals surface area contributed by atoms with E-state index in [-0.39, 0.29) is 22.4 Å². The Morgan fingerprint density at radius 3 is 0.739 bits per heavy atom. The van der Waals surface area contributed by atoms with Crippen molar-refractivity contribution in [1.29, 1.82) is 0 Å². The van der Waals surface area contributed by atoms with Gasteiger partial charge in [0.05, 0.1) is 0 Å². The second kappa shape index (κ2) is 10.3. The van der Waals surface area contributed by atoms with Crippen LogP contribution in [0.5, 0.6) is 0 Å². The summed E-state index contributed by atoms with van der Waals surface area (Å²) in [6, 6.07) is 2.26. The topological polar surface area (TPSA) is 13.0 Å². The number of hydrogen-bond donors (Lipinski definition) is 0. The van der Waals surface area contributed by atoms with Crippen LogP contribution in [0, 0.1) is 13.3 Å². The maximum atomic E-state index is 2.21. The third-order valence-corrected chi connectivity index (χ3v) is 3.74. The minimum absolute atomic E-state index is 0. The first-order valence-corrected chi connectivity index (χ1v) is 8.38. The van der Waals surface area contributed by atoms with Gasteiger partial charge >= 0.3 is 0 Å². The number of nitrogens with zero attached hydrogens (tertiary/aromatic N) is 4. The van der Waals surface area contributed by atoms with E-state index in [9.17, 15) is 0 Å². The van der Waals surface area contributed by atoms with Crippen molar-refractivity contribution in [1.82, 2.24) is 19.6 Å². The van der Waals surface area contributed by atoms with E-state index in [1.165, 1.54) is 0 Å². The normalized spacial score (nSPS) is 16.9. The van der Waals surface area contributed by atoms with Gasteiger partial charge in [-0.05, 0) is 104 Å². The van der Waals surface area contributed by atoms with Crippen LogP contribution >= 0.6 is 0 Å². The van der Waals surface area contributed by atoms with Gasteiger partial charge in [0.15, 0.2) is 0 Å². The average Bonchev–Trinajstić information content (AvgIpc) is 3.09. The number of hydrogen-bond acceptors (Lipinski definition) is 4. The largest absolute Gasteiger partial charge is 0.506 e. The van der Waals surface area contributed by atoms with Crippen molar-refractivity contribution in [2.45, 2.75) is 79.6 Å². The Morgan fingerprint density at radius 1 is 0.478 bits per heavy atom. The van der Waals surface area contributed by atoms with Crippen LogP contribution in [0.4, 0.5) is 0 Å². The molecular weight excluding hydrogens is 380 g/mol. The molecule has 2 heterocycles. The van der Waals surface area contributed by atoms with Crippen molar-refractivity contribution < 1.29 is 22.4 Å². The van der Waals surface area contributed by atoms with Crippen molar-refractivity contribution in [3.63, 3.8) is 0 Å². The quantitative estimate of drug-likeness (QED) is 0.509. The van der Waals surface area contributed by atoms with Crippen molar-refractivity contribution in [2.24, 2.45) is 0 Å². The van der Waals surface area contributed by atoms with Crippen LogP contribution < -0.4 is 0 Å². The first-order chi connectivity index (χ1) is 10.2. The molecule has 0 saturated carbocycles. The molecule has 0 unspecified atom stereocenters. The maximum Gasteiger partial charge on any atom is 0 e. The summed E-state index contributed by atoms with van der Waals surface area (Å²) in [6.45, 7) is 21.8. The molecule has 0 saturated heterocycles. The van der Waals surface area contributed by atoms with Crippen LogP contribution in [0.25, 0.3) is 0 Å². The molecule has 2 aliphatic rings. The van der Waals surface area contributed by atoms with Crippen molar-refractivity contribution in [2.75, 3.05) is 0 Å². The Labute approximate surface area is 159 Å². The monoisotopic (exact) mass is 413 g/mol. The third kappa shape index (κ3) is 7.23. The predicted molar refractivity (Wildman–Crippen MR) is 94.8 cm³/mol. The zero-order valence-electron chi connectivity index (χ0n) is 15.9. The summed E-state index contributed by atoms with van der Waals surface area (Å²) in [5.41, 5.74) is 0. The molecule has 2 aliphatic heterocycles. The fourth-order valence-corrected chi connectivity index (χ4v) is 1.99. The van der Waals surface area contributed by atoms with Crippen molar-refractivity contribution >= 4 is 0 Å². The fourth-order valence-electron chi connectivity index (χ4n) is 1.99. The standard InChI is InChI=1S/2C9H17N2.Ag/c2*1-8(2)10-5-6-11(7-10)9(3)4;/h2*5-9H,1-4H3;/q2*-1;. The van der Waals surface area contributed by atoms with E-state index in [1.807, 2.05) is 0 Å². The summed E-state index contributed by atoms with van der Waals surface area (Å²) in [5.74, 6) is 0. The zero-order valence-corrected chi connectivity index (χ0v) is 17.3. The van der Waals surface area contributed by atoms with E-state index in [0.717, 1.165) is 0 Å². The van der Waals surface area contributed by atoms with Crippen molar-refractivity contribution in [3.05, 3.63) is 38.1 Å². The molecule has 0 amide bonds. The molecule has 2 rings (SSSR count). The molecule has 0 spiro atoms. The van der Waals surface area contributed by atoms with Gasteiger partial charge in [0.2, 0.25) is 0 Å². The van der Waals surface area contributed by atoms with Gasteiger partial charge < -0.3 is 19.6 Å². The molecule has 0 fully saturated rings. The van der Waals surface area contributed by atoms with Gasteiger partial charge in [-0.3, -0.25) is 0 Å². The molecule has 0 atom stereocenters. The Kier molecular flexibility index (Phi) is 10.1. The Morgan fingerprint density at radius 2 is 0.652 bits per heavy atom. The minimum atomic E-state index is 0. The first kappa shape index (κ1) is 22.4. The minimum Gasteiger partial charge on any atom is -0.506 e. The average molecular weight is 414 g/mol. The molecule has 0 N–H and O–H groups in total. The van der Waals surface area contributed by atoms with Crippen LogP contribution in [0.3, 0.4) is 0 Å². The van der Waals surface area contributed by atoms with Crippen LogP contribution in [-0.2, 0) is 22.4 Å². The van der Waals surface area contributed by atoms with Gasteiger partial charge in [-0.15, -0.1) is 0 Å². The predicted octanol–water partition coefficient (Wildman–Crippen LogP) is 4.02. The van der Waals surface area contributed by atoms with Gasteiger partial charge in [0, 0.05) is 22.4 Å². The fraction of sp³-hybridized carbons (Fsp3) is 0.667. The van der Waals surface area contributed by atoms with Crippen LogP contribution in [-0.4, -0.2) is 43.8 Å². The maximum absolute atomic E-state index is 2.21. The van der Waals surface area contributed by atoms with E-state index in [4.69, 9.17) is 0 Å². The van der Waals surface area contributed by atoms with Crippen LogP contribution in [0.2, 0.25) is 0 Å². The summed E-state index contributed by atoms with van der Waals surface area (Å²) in [6.07, 6.45) is 8.46. The molecule has 0 aromatic heterocycles. The molecule has 0 aromatic rings. The third-order valence-electron chi connectivity index (χ3n) is 3.74. The van der Waals surface area contributed by atoms with Gasteiger partial charge in [0.1, 0.15) is 0 Å². The van der Waals surface area contributed by atoms with Gasteiger partial charge in [-0.2, -0.15) is 13.3 Å². The molecule has 139 valence electrons. The molecule has 4 nitrogen and oxygen atoms in total. The van der Waals surface area contributed by atoms with Crippen LogP contribution in [0.15, 0.2) is 24.8 Å². The second-order valence-corrected chi connectivity index (χ2v) is 6.99. The van der Waals surface area contributed by atoms with E-state index in [2.05, 4.69) is 113 Å². The summed E-state index contributed by atoms with van der Waals surface area (Å²) in [7, 11) is 0.